The number of anilines is 1. The SMILES string of the molecule is Cc1cc(C)c(N2C=C3C(=O)NC(N4CCCC4)NC3N2)c(C)c1. The lowest BCUT2D eigenvalue weighted by molar-refractivity contribution is -0.121. The van der Waals surface area contributed by atoms with E-state index >= 15 is 0 Å². The zero-order valence-corrected chi connectivity index (χ0v) is 14.5. The van der Waals surface area contributed by atoms with Crippen LogP contribution >= 0.6 is 0 Å². The second-order valence-electron chi connectivity index (χ2n) is 7.05. The molecule has 3 aliphatic heterocycles. The molecular formula is C18H25N5O. The molecule has 128 valence electrons. The van der Waals surface area contributed by atoms with Gasteiger partial charge in [-0.15, -0.1) is 0 Å². The molecule has 0 bridgehead atoms. The zero-order valence-electron chi connectivity index (χ0n) is 14.5. The summed E-state index contributed by atoms with van der Waals surface area (Å²) in [5.74, 6) is 0.00747. The number of rotatable bonds is 2. The summed E-state index contributed by atoms with van der Waals surface area (Å²) >= 11 is 0. The molecular weight excluding hydrogens is 302 g/mol. The number of carbonyl (C=O) groups is 1. The van der Waals surface area contributed by atoms with Crippen LogP contribution in [0.15, 0.2) is 23.9 Å². The molecule has 6 nitrogen and oxygen atoms in total. The fourth-order valence-electron chi connectivity index (χ4n) is 4.06. The fraction of sp³-hybridized carbons (Fsp3) is 0.500. The van der Waals surface area contributed by atoms with Crippen molar-refractivity contribution in [2.24, 2.45) is 0 Å². The van der Waals surface area contributed by atoms with Gasteiger partial charge in [0, 0.05) is 19.3 Å². The van der Waals surface area contributed by atoms with Crippen LogP contribution in [0.5, 0.6) is 0 Å². The first-order valence-corrected chi connectivity index (χ1v) is 8.69. The highest BCUT2D eigenvalue weighted by atomic mass is 16.2. The van der Waals surface area contributed by atoms with E-state index in [0.29, 0.717) is 0 Å². The molecule has 0 aliphatic carbocycles. The Balaban J connectivity index is 1.58. The van der Waals surface area contributed by atoms with Gasteiger partial charge in [-0.05, 0) is 44.7 Å². The summed E-state index contributed by atoms with van der Waals surface area (Å²) in [6, 6.07) is 4.34. The molecule has 0 aromatic heterocycles. The fourth-order valence-corrected chi connectivity index (χ4v) is 4.06. The standard InChI is InChI=1S/C18H25N5O/c1-11-8-12(2)15(13(3)9-11)23-10-14-16(21-23)19-18(20-17(14)24)22-6-4-5-7-22/h8-10,16,18-19,21H,4-7H2,1-3H3,(H,20,24). The van der Waals surface area contributed by atoms with Crippen molar-refractivity contribution in [2.75, 3.05) is 18.1 Å². The molecule has 24 heavy (non-hydrogen) atoms. The van der Waals surface area contributed by atoms with Gasteiger partial charge in [-0.3, -0.25) is 20.0 Å². The van der Waals surface area contributed by atoms with Crippen LogP contribution in [0.3, 0.4) is 0 Å². The van der Waals surface area contributed by atoms with Crippen LogP contribution in [-0.2, 0) is 4.79 Å². The minimum atomic E-state index is -0.149. The predicted octanol–water partition coefficient (Wildman–Crippen LogP) is 1.25. The van der Waals surface area contributed by atoms with Crippen molar-refractivity contribution in [1.29, 1.82) is 0 Å². The number of nitrogens with one attached hydrogen (secondary N) is 3. The predicted molar refractivity (Wildman–Crippen MR) is 94.0 cm³/mol. The molecule has 0 saturated carbocycles. The van der Waals surface area contributed by atoms with E-state index in [-0.39, 0.29) is 18.4 Å². The van der Waals surface area contributed by atoms with Gasteiger partial charge in [0.15, 0.2) is 0 Å². The molecule has 4 rings (SSSR count). The summed E-state index contributed by atoms with van der Waals surface area (Å²) < 4.78 is 0. The normalized spacial score (nSPS) is 27.2. The van der Waals surface area contributed by atoms with E-state index in [1.54, 1.807) is 0 Å². The minimum Gasteiger partial charge on any atom is -0.324 e. The highest BCUT2D eigenvalue weighted by Gasteiger charge is 2.39. The van der Waals surface area contributed by atoms with Gasteiger partial charge in [0.1, 0.15) is 12.5 Å². The third-order valence-electron chi connectivity index (χ3n) is 5.08. The van der Waals surface area contributed by atoms with Gasteiger partial charge in [-0.1, -0.05) is 17.7 Å². The summed E-state index contributed by atoms with van der Waals surface area (Å²) in [5.41, 5.74) is 8.95. The van der Waals surface area contributed by atoms with Crippen LogP contribution in [0.4, 0.5) is 5.69 Å². The summed E-state index contributed by atoms with van der Waals surface area (Å²) in [6.07, 6.45) is 4.07. The minimum absolute atomic E-state index is 0.00747. The Morgan fingerprint density at radius 2 is 1.75 bits per heavy atom. The van der Waals surface area contributed by atoms with Gasteiger partial charge in [0.05, 0.1) is 11.3 Å². The second-order valence-corrected chi connectivity index (χ2v) is 7.05. The highest BCUT2D eigenvalue weighted by Crippen LogP contribution is 2.29. The largest absolute Gasteiger partial charge is 0.324 e. The smallest absolute Gasteiger partial charge is 0.254 e. The van der Waals surface area contributed by atoms with Gasteiger partial charge in [0.2, 0.25) is 0 Å². The van der Waals surface area contributed by atoms with Crippen LogP contribution < -0.4 is 21.1 Å². The van der Waals surface area contributed by atoms with Gasteiger partial charge < -0.3 is 5.32 Å². The average Bonchev–Trinajstić information content (AvgIpc) is 3.14. The summed E-state index contributed by atoms with van der Waals surface area (Å²) in [5, 5.41) is 8.58. The number of hydrogen-bond acceptors (Lipinski definition) is 5. The van der Waals surface area contributed by atoms with Gasteiger partial charge in [-0.25, -0.2) is 5.43 Å². The van der Waals surface area contributed by atoms with Gasteiger partial charge in [0.25, 0.3) is 5.91 Å². The molecule has 0 spiro atoms. The number of fused-ring (bicyclic) bond motifs is 1. The van der Waals surface area contributed by atoms with Gasteiger partial charge >= 0.3 is 0 Å². The van der Waals surface area contributed by atoms with Crippen molar-refractivity contribution in [1.82, 2.24) is 21.0 Å². The number of benzene rings is 1. The molecule has 3 N–H and O–H groups in total. The van der Waals surface area contributed by atoms with E-state index in [0.717, 1.165) is 24.4 Å². The molecule has 1 aromatic rings. The van der Waals surface area contributed by atoms with Crippen molar-refractivity contribution < 1.29 is 4.79 Å². The quantitative estimate of drug-likeness (QED) is 0.763. The number of hydrazine groups is 1. The third kappa shape index (κ3) is 2.60. The number of hydrogen-bond donors (Lipinski definition) is 3. The van der Waals surface area contributed by atoms with Crippen LogP contribution in [0.25, 0.3) is 0 Å². The summed E-state index contributed by atoms with van der Waals surface area (Å²) in [4.78, 5) is 14.8. The number of aryl methyl sites for hydroxylation is 3. The lowest BCUT2D eigenvalue weighted by atomic mass is 10.0. The van der Waals surface area contributed by atoms with E-state index in [1.165, 1.54) is 29.5 Å². The molecule has 0 radical (unpaired) electrons. The zero-order chi connectivity index (χ0) is 16.8. The van der Waals surface area contributed by atoms with Crippen molar-refractivity contribution in [3.63, 3.8) is 0 Å². The van der Waals surface area contributed by atoms with E-state index in [9.17, 15) is 4.79 Å². The number of carbonyl (C=O) groups excluding carboxylic acids is 1. The first-order valence-electron chi connectivity index (χ1n) is 8.69. The maximum absolute atomic E-state index is 12.5. The Kier molecular flexibility index (Phi) is 3.83. The monoisotopic (exact) mass is 327 g/mol. The average molecular weight is 327 g/mol. The maximum atomic E-state index is 12.5. The number of likely N-dealkylation sites (tertiary alicyclic amines) is 1. The maximum Gasteiger partial charge on any atom is 0.254 e. The molecule has 2 unspecified atom stereocenters. The molecule has 2 saturated heterocycles. The molecule has 3 aliphatic rings. The first kappa shape index (κ1) is 15.6. The molecule has 2 fully saturated rings. The summed E-state index contributed by atoms with van der Waals surface area (Å²) in [6.45, 7) is 8.39. The van der Waals surface area contributed by atoms with E-state index < -0.39 is 0 Å². The molecule has 1 amide bonds. The van der Waals surface area contributed by atoms with E-state index in [4.69, 9.17) is 0 Å². The number of nitrogens with zero attached hydrogens (tertiary/aromatic N) is 2. The van der Waals surface area contributed by atoms with Crippen molar-refractivity contribution in [3.05, 3.63) is 40.6 Å². The van der Waals surface area contributed by atoms with Crippen molar-refractivity contribution in [2.45, 2.75) is 46.1 Å². The Hall–Kier alpha value is -1.89. The van der Waals surface area contributed by atoms with E-state index in [1.807, 2.05) is 11.2 Å². The molecule has 3 heterocycles. The Bertz CT molecular complexity index is 684. The molecule has 2 atom stereocenters. The van der Waals surface area contributed by atoms with Crippen LogP contribution in [-0.4, -0.2) is 36.4 Å². The second kappa shape index (κ2) is 5.88. The molecule has 1 aromatic carbocycles. The van der Waals surface area contributed by atoms with Crippen molar-refractivity contribution >= 4 is 11.6 Å². The first-order chi connectivity index (χ1) is 11.5. The van der Waals surface area contributed by atoms with E-state index in [2.05, 4.69) is 53.9 Å². The summed E-state index contributed by atoms with van der Waals surface area (Å²) in [7, 11) is 0. The van der Waals surface area contributed by atoms with Crippen LogP contribution in [0.1, 0.15) is 29.5 Å². The Morgan fingerprint density at radius 1 is 1.08 bits per heavy atom. The highest BCUT2D eigenvalue weighted by molar-refractivity contribution is 5.96. The lowest BCUT2D eigenvalue weighted by Crippen LogP contribution is -2.66. The van der Waals surface area contributed by atoms with Crippen LogP contribution in [0.2, 0.25) is 0 Å². The lowest BCUT2D eigenvalue weighted by Gasteiger charge is -2.36. The van der Waals surface area contributed by atoms with Crippen LogP contribution in [0, 0.1) is 20.8 Å². The number of amides is 1. The Morgan fingerprint density at radius 3 is 2.42 bits per heavy atom. The van der Waals surface area contributed by atoms with Crippen molar-refractivity contribution in [3.8, 4) is 0 Å². The Labute approximate surface area is 142 Å². The topological polar surface area (TPSA) is 59.6 Å². The molecule has 6 heteroatoms. The third-order valence-corrected chi connectivity index (χ3v) is 5.08. The van der Waals surface area contributed by atoms with Gasteiger partial charge in [-0.2, -0.15) is 0 Å².